The van der Waals surface area contributed by atoms with E-state index in [1.807, 2.05) is 16.9 Å². The maximum absolute atomic E-state index is 13.0. The number of hydrogen-bond donors (Lipinski definition) is 2. The molecule has 0 fully saturated rings. The van der Waals surface area contributed by atoms with Crippen LogP contribution in [0.2, 0.25) is 5.02 Å². The zero-order valence-electron chi connectivity index (χ0n) is 10.6. The van der Waals surface area contributed by atoms with Gasteiger partial charge >= 0.3 is 0 Å². The normalized spacial score (nSPS) is 10.3. The second-order valence-corrected chi connectivity index (χ2v) is 4.95. The van der Waals surface area contributed by atoms with Crippen molar-refractivity contribution < 1.29 is 4.39 Å². The molecule has 0 aliphatic carbocycles. The molecule has 1 aromatic carbocycles. The van der Waals surface area contributed by atoms with Gasteiger partial charge < -0.3 is 10.6 Å². The molecule has 0 amide bonds. The van der Waals surface area contributed by atoms with Gasteiger partial charge in [-0.2, -0.15) is 5.10 Å². The summed E-state index contributed by atoms with van der Waals surface area (Å²) >= 11 is 10.8. The number of thiocarbonyl (C=S) groups is 1. The third-order valence-corrected chi connectivity index (χ3v) is 3.12. The van der Waals surface area contributed by atoms with E-state index in [2.05, 4.69) is 15.7 Å². The summed E-state index contributed by atoms with van der Waals surface area (Å²) in [6, 6.07) is 6.26. The van der Waals surface area contributed by atoms with E-state index in [4.69, 9.17) is 23.8 Å². The average Bonchev–Trinajstić information content (AvgIpc) is 2.92. The molecular formula is C13H14ClFN4S. The zero-order chi connectivity index (χ0) is 14.4. The van der Waals surface area contributed by atoms with Crippen LogP contribution in [0.1, 0.15) is 6.42 Å². The van der Waals surface area contributed by atoms with E-state index in [1.165, 1.54) is 12.1 Å². The first kappa shape index (κ1) is 14.7. The van der Waals surface area contributed by atoms with Gasteiger partial charge in [0, 0.05) is 31.2 Å². The smallest absolute Gasteiger partial charge is 0.170 e. The zero-order valence-corrected chi connectivity index (χ0v) is 12.2. The van der Waals surface area contributed by atoms with Crippen LogP contribution in [0.5, 0.6) is 0 Å². The summed E-state index contributed by atoms with van der Waals surface area (Å²) in [5.41, 5.74) is 0.654. The number of hydrogen-bond acceptors (Lipinski definition) is 2. The number of aromatic nitrogens is 2. The minimum Gasteiger partial charge on any atom is -0.362 e. The van der Waals surface area contributed by atoms with Gasteiger partial charge in [-0.25, -0.2) is 4.39 Å². The number of nitrogens with one attached hydrogen (secondary N) is 2. The summed E-state index contributed by atoms with van der Waals surface area (Å²) in [4.78, 5) is 0. The molecule has 2 N–H and O–H groups in total. The summed E-state index contributed by atoms with van der Waals surface area (Å²) in [6.45, 7) is 1.55. The molecule has 106 valence electrons. The quantitative estimate of drug-likeness (QED) is 0.658. The summed E-state index contributed by atoms with van der Waals surface area (Å²) in [5, 5.41) is 10.7. The van der Waals surface area contributed by atoms with Crippen molar-refractivity contribution >= 4 is 34.6 Å². The standard InChI is InChI=1S/C13H14ClFN4S/c14-11-9-10(3-4-12(11)15)18-13(20)16-5-1-7-19-8-2-6-17-19/h2-4,6,8-9H,1,5,7H2,(H2,16,18,20). The molecule has 0 atom stereocenters. The Morgan fingerprint density at radius 1 is 1.45 bits per heavy atom. The molecule has 20 heavy (non-hydrogen) atoms. The Balaban J connectivity index is 1.71. The lowest BCUT2D eigenvalue weighted by atomic mass is 10.3. The highest BCUT2D eigenvalue weighted by molar-refractivity contribution is 7.80. The van der Waals surface area contributed by atoms with Crippen molar-refractivity contribution in [1.29, 1.82) is 0 Å². The Hall–Kier alpha value is -1.66. The lowest BCUT2D eigenvalue weighted by molar-refractivity contribution is 0.574. The predicted octanol–water partition coefficient (Wildman–Crippen LogP) is 3.05. The summed E-state index contributed by atoms with van der Waals surface area (Å²) in [7, 11) is 0. The van der Waals surface area contributed by atoms with Gasteiger partial charge in [0.2, 0.25) is 0 Å². The first-order valence-electron chi connectivity index (χ1n) is 6.12. The van der Waals surface area contributed by atoms with Crippen molar-refractivity contribution in [3.63, 3.8) is 0 Å². The van der Waals surface area contributed by atoms with Crippen LogP contribution in [0.4, 0.5) is 10.1 Å². The maximum Gasteiger partial charge on any atom is 0.170 e. The molecule has 0 spiro atoms. The Morgan fingerprint density at radius 2 is 2.30 bits per heavy atom. The van der Waals surface area contributed by atoms with Crippen LogP contribution in [-0.2, 0) is 6.54 Å². The molecule has 2 rings (SSSR count). The number of anilines is 1. The summed E-state index contributed by atoms with van der Waals surface area (Å²) in [6.07, 6.45) is 4.56. The molecule has 7 heteroatoms. The van der Waals surface area contributed by atoms with E-state index in [9.17, 15) is 4.39 Å². The van der Waals surface area contributed by atoms with E-state index in [0.29, 0.717) is 10.8 Å². The van der Waals surface area contributed by atoms with Gasteiger partial charge in [0.15, 0.2) is 5.11 Å². The highest BCUT2D eigenvalue weighted by Crippen LogP contribution is 2.19. The van der Waals surface area contributed by atoms with Gasteiger partial charge in [-0.05, 0) is 42.9 Å². The molecule has 0 aliphatic heterocycles. The monoisotopic (exact) mass is 312 g/mol. The number of halogens is 2. The fraction of sp³-hybridized carbons (Fsp3) is 0.231. The van der Waals surface area contributed by atoms with Crippen LogP contribution in [0, 0.1) is 5.82 Å². The molecule has 4 nitrogen and oxygen atoms in total. The van der Waals surface area contributed by atoms with E-state index in [1.54, 1.807) is 12.3 Å². The van der Waals surface area contributed by atoms with Crippen LogP contribution in [-0.4, -0.2) is 21.4 Å². The number of aryl methyl sites for hydroxylation is 1. The molecule has 0 saturated heterocycles. The second kappa shape index (κ2) is 7.21. The highest BCUT2D eigenvalue weighted by Gasteiger charge is 2.02. The summed E-state index contributed by atoms with van der Waals surface area (Å²) in [5.74, 6) is -0.449. The van der Waals surface area contributed by atoms with Crippen molar-refractivity contribution in [2.24, 2.45) is 0 Å². The van der Waals surface area contributed by atoms with Gasteiger partial charge in [0.25, 0.3) is 0 Å². The molecule has 0 saturated carbocycles. The Bertz CT molecular complexity index is 574. The van der Waals surface area contributed by atoms with Crippen molar-refractivity contribution in [3.05, 3.63) is 47.5 Å². The largest absolute Gasteiger partial charge is 0.362 e. The van der Waals surface area contributed by atoms with E-state index >= 15 is 0 Å². The third kappa shape index (κ3) is 4.47. The molecule has 0 unspecified atom stereocenters. The average molecular weight is 313 g/mol. The SMILES string of the molecule is Fc1ccc(NC(=S)NCCCn2cccn2)cc1Cl. The molecule has 0 aliphatic rings. The molecule has 2 aromatic rings. The van der Waals surface area contributed by atoms with Gasteiger partial charge in [-0.3, -0.25) is 4.68 Å². The Kier molecular flexibility index (Phi) is 5.31. The van der Waals surface area contributed by atoms with Gasteiger partial charge in [0.1, 0.15) is 5.82 Å². The van der Waals surface area contributed by atoms with Crippen LogP contribution in [0.3, 0.4) is 0 Å². The van der Waals surface area contributed by atoms with Crippen molar-refractivity contribution in [2.75, 3.05) is 11.9 Å². The molecule has 0 radical (unpaired) electrons. The number of rotatable bonds is 5. The summed E-state index contributed by atoms with van der Waals surface area (Å²) < 4.78 is 14.9. The molecule has 0 bridgehead atoms. The molecule has 1 aromatic heterocycles. The van der Waals surface area contributed by atoms with Gasteiger partial charge in [-0.1, -0.05) is 11.6 Å². The van der Waals surface area contributed by atoms with Crippen molar-refractivity contribution in [1.82, 2.24) is 15.1 Å². The van der Waals surface area contributed by atoms with Crippen LogP contribution in [0.15, 0.2) is 36.7 Å². The Morgan fingerprint density at radius 3 is 3.00 bits per heavy atom. The Labute approximate surface area is 126 Å². The topological polar surface area (TPSA) is 41.9 Å². The predicted molar refractivity (Wildman–Crippen MR) is 82.5 cm³/mol. The third-order valence-electron chi connectivity index (χ3n) is 2.59. The number of benzene rings is 1. The van der Waals surface area contributed by atoms with Gasteiger partial charge in [0.05, 0.1) is 5.02 Å². The first-order chi connectivity index (χ1) is 9.65. The van der Waals surface area contributed by atoms with Crippen molar-refractivity contribution in [3.8, 4) is 0 Å². The lowest BCUT2D eigenvalue weighted by Crippen LogP contribution is -2.29. The van der Waals surface area contributed by atoms with Crippen LogP contribution < -0.4 is 10.6 Å². The van der Waals surface area contributed by atoms with Gasteiger partial charge in [-0.15, -0.1) is 0 Å². The minimum atomic E-state index is -0.449. The fourth-order valence-corrected chi connectivity index (χ4v) is 2.03. The first-order valence-corrected chi connectivity index (χ1v) is 6.91. The number of nitrogens with zero attached hydrogens (tertiary/aromatic N) is 2. The van der Waals surface area contributed by atoms with Crippen LogP contribution >= 0.6 is 23.8 Å². The van der Waals surface area contributed by atoms with Crippen molar-refractivity contribution in [2.45, 2.75) is 13.0 Å². The molecular weight excluding hydrogens is 299 g/mol. The second-order valence-electron chi connectivity index (χ2n) is 4.13. The molecule has 1 heterocycles. The van der Waals surface area contributed by atoms with E-state index in [-0.39, 0.29) is 5.02 Å². The lowest BCUT2D eigenvalue weighted by Gasteiger charge is -2.11. The minimum absolute atomic E-state index is 0.0662. The van der Waals surface area contributed by atoms with E-state index < -0.39 is 5.82 Å². The maximum atomic E-state index is 13.0. The van der Waals surface area contributed by atoms with Crippen LogP contribution in [0.25, 0.3) is 0 Å². The highest BCUT2D eigenvalue weighted by atomic mass is 35.5. The van der Waals surface area contributed by atoms with E-state index in [0.717, 1.165) is 19.5 Å². The fourth-order valence-electron chi connectivity index (χ4n) is 1.62.